The summed E-state index contributed by atoms with van der Waals surface area (Å²) in [6.45, 7) is 4.71. The first-order valence-corrected chi connectivity index (χ1v) is 8.01. The summed E-state index contributed by atoms with van der Waals surface area (Å²) in [4.78, 5) is 25.8. The van der Waals surface area contributed by atoms with Crippen molar-refractivity contribution in [2.24, 2.45) is 0 Å². The molecule has 9 heteroatoms. The molecule has 1 aromatic carbocycles. The maximum absolute atomic E-state index is 12.5. The SMILES string of the molecule is O=C(CNC(=O)c1ccc(C(F)(F)F)cc1)NCCN1CCNCC1. The van der Waals surface area contributed by atoms with Crippen molar-refractivity contribution < 1.29 is 22.8 Å². The van der Waals surface area contributed by atoms with Crippen molar-refractivity contribution in [3.63, 3.8) is 0 Å². The third-order valence-corrected chi connectivity index (χ3v) is 3.84. The number of amides is 2. The topological polar surface area (TPSA) is 73.5 Å². The lowest BCUT2D eigenvalue weighted by atomic mass is 10.1. The summed E-state index contributed by atoms with van der Waals surface area (Å²) in [5.41, 5.74) is -0.753. The number of carbonyl (C=O) groups is 2. The second kappa shape index (κ2) is 8.82. The maximum Gasteiger partial charge on any atom is 0.416 e. The third-order valence-electron chi connectivity index (χ3n) is 3.84. The van der Waals surface area contributed by atoms with Gasteiger partial charge in [-0.1, -0.05) is 0 Å². The summed E-state index contributed by atoms with van der Waals surface area (Å²) in [6, 6.07) is 3.84. The standard InChI is InChI=1S/C16H21F3N4O2/c17-16(18,19)13-3-1-12(2-4-13)15(25)22-11-14(24)21-7-10-23-8-5-20-6-9-23/h1-4,20H,5-11H2,(H,21,24)(H,22,25). The number of piperazine rings is 1. The molecular formula is C16H21F3N4O2. The molecule has 0 spiro atoms. The Balaban J connectivity index is 1.69. The van der Waals surface area contributed by atoms with Crippen LogP contribution in [0.4, 0.5) is 13.2 Å². The van der Waals surface area contributed by atoms with Gasteiger partial charge in [-0.2, -0.15) is 13.2 Å². The molecule has 2 amide bonds. The summed E-state index contributed by atoms with van der Waals surface area (Å²) < 4.78 is 37.4. The van der Waals surface area contributed by atoms with Gasteiger partial charge in [0.15, 0.2) is 0 Å². The third kappa shape index (κ3) is 6.35. The van der Waals surface area contributed by atoms with E-state index in [1.165, 1.54) is 0 Å². The van der Waals surface area contributed by atoms with Crippen LogP contribution >= 0.6 is 0 Å². The molecule has 0 radical (unpaired) electrons. The van der Waals surface area contributed by atoms with E-state index in [9.17, 15) is 22.8 Å². The van der Waals surface area contributed by atoms with E-state index in [1.54, 1.807) is 0 Å². The number of halogens is 3. The number of benzene rings is 1. The molecule has 1 aliphatic rings. The number of alkyl halides is 3. The van der Waals surface area contributed by atoms with E-state index in [2.05, 4.69) is 20.9 Å². The van der Waals surface area contributed by atoms with Crippen molar-refractivity contribution in [1.82, 2.24) is 20.9 Å². The molecule has 0 aliphatic carbocycles. The van der Waals surface area contributed by atoms with E-state index in [-0.39, 0.29) is 18.0 Å². The summed E-state index contributed by atoms with van der Waals surface area (Å²) in [7, 11) is 0. The number of hydrogen-bond acceptors (Lipinski definition) is 4. The number of nitrogens with one attached hydrogen (secondary N) is 3. The molecule has 0 aromatic heterocycles. The molecule has 1 saturated heterocycles. The van der Waals surface area contributed by atoms with Crippen LogP contribution in [-0.4, -0.2) is 62.5 Å². The van der Waals surface area contributed by atoms with Crippen molar-refractivity contribution in [2.75, 3.05) is 45.8 Å². The molecule has 1 heterocycles. The zero-order valence-corrected chi connectivity index (χ0v) is 13.7. The number of nitrogens with zero attached hydrogens (tertiary/aromatic N) is 1. The fourth-order valence-corrected chi connectivity index (χ4v) is 2.42. The van der Waals surface area contributed by atoms with Gasteiger partial charge in [-0.3, -0.25) is 14.5 Å². The first kappa shape index (κ1) is 19.2. The monoisotopic (exact) mass is 358 g/mol. The summed E-state index contributed by atoms with van der Waals surface area (Å²) in [6.07, 6.45) is -4.45. The average Bonchev–Trinajstić information content (AvgIpc) is 2.60. The summed E-state index contributed by atoms with van der Waals surface area (Å²) in [5.74, 6) is -0.929. The fourth-order valence-electron chi connectivity index (χ4n) is 2.42. The first-order chi connectivity index (χ1) is 11.9. The molecule has 1 fully saturated rings. The van der Waals surface area contributed by atoms with Crippen molar-refractivity contribution >= 4 is 11.8 Å². The van der Waals surface area contributed by atoms with Gasteiger partial charge in [0, 0.05) is 44.8 Å². The van der Waals surface area contributed by atoms with E-state index in [4.69, 9.17) is 0 Å². The zero-order valence-electron chi connectivity index (χ0n) is 13.7. The van der Waals surface area contributed by atoms with Crippen molar-refractivity contribution in [1.29, 1.82) is 0 Å². The number of hydrogen-bond donors (Lipinski definition) is 3. The minimum atomic E-state index is -4.45. The predicted molar refractivity (Wildman–Crippen MR) is 86.1 cm³/mol. The van der Waals surface area contributed by atoms with Gasteiger partial charge >= 0.3 is 6.18 Å². The van der Waals surface area contributed by atoms with Crippen LogP contribution in [0.1, 0.15) is 15.9 Å². The van der Waals surface area contributed by atoms with Gasteiger partial charge in [0.05, 0.1) is 12.1 Å². The molecule has 0 bridgehead atoms. The second-order valence-corrected chi connectivity index (χ2v) is 5.70. The predicted octanol–water partition coefficient (Wildman–Crippen LogP) is 0.457. The lowest BCUT2D eigenvalue weighted by Crippen LogP contribution is -2.47. The van der Waals surface area contributed by atoms with Gasteiger partial charge in [0.25, 0.3) is 5.91 Å². The lowest BCUT2D eigenvalue weighted by Gasteiger charge is -2.27. The highest BCUT2D eigenvalue weighted by atomic mass is 19.4. The Labute approximate surface area is 143 Å². The minimum Gasteiger partial charge on any atom is -0.353 e. The Bertz CT molecular complexity index is 584. The summed E-state index contributed by atoms with van der Waals surface area (Å²) >= 11 is 0. The molecule has 3 N–H and O–H groups in total. The molecule has 138 valence electrons. The van der Waals surface area contributed by atoms with Crippen LogP contribution in [0.25, 0.3) is 0 Å². The van der Waals surface area contributed by atoms with Crippen molar-refractivity contribution in [3.8, 4) is 0 Å². The quantitative estimate of drug-likeness (QED) is 0.691. The Morgan fingerprint density at radius 2 is 1.72 bits per heavy atom. The molecule has 0 atom stereocenters. The first-order valence-electron chi connectivity index (χ1n) is 8.01. The normalized spacial score (nSPS) is 15.6. The van der Waals surface area contributed by atoms with Gasteiger partial charge in [-0.05, 0) is 24.3 Å². The molecule has 0 unspecified atom stereocenters. The Hall–Kier alpha value is -2.13. The molecular weight excluding hydrogens is 337 g/mol. The molecule has 1 aliphatic heterocycles. The second-order valence-electron chi connectivity index (χ2n) is 5.70. The van der Waals surface area contributed by atoms with E-state index in [1.807, 2.05) is 0 Å². The van der Waals surface area contributed by atoms with Gasteiger partial charge in [0.1, 0.15) is 0 Å². The highest BCUT2D eigenvalue weighted by Crippen LogP contribution is 2.28. The highest BCUT2D eigenvalue weighted by Gasteiger charge is 2.30. The minimum absolute atomic E-state index is 0.0709. The number of rotatable bonds is 6. The van der Waals surface area contributed by atoms with Crippen LogP contribution in [0.15, 0.2) is 24.3 Å². The van der Waals surface area contributed by atoms with E-state index in [0.29, 0.717) is 6.54 Å². The van der Waals surface area contributed by atoms with Gasteiger partial charge in [-0.15, -0.1) is 0 Å². The molecule has 25 heavy (non-hydrogen) atoms. The molecule has 1 aromatic rings. The highest BCUT2D eigenvalue weighted by molar-refractivity contribution is 5.96. The van der Waals surface area contributed by atoms with Crippen LogP contribution in [0.5, 0.6) is 0 Å². The van der Waals surface area contributed by atoms with E-state index < -0.39 is 17.6 Å². The summed E-state index contributed by atoms with van der Waals surface area (Å²) in [5, 5.41) is 8.33. The Kier molecular flexibility index (Phi) is 6.77. The molecule has 6 nitrogen and oxygen atoms in total. The van der Waals surface area contributed by atoms with E-state index >= 15 is 0 Å². The van der Waals surface area contributed by atoms with Gasteiger partial charge < -0.3 is 16.0 Å². The zero-order chi connectivity index (χ0) is 18.3. The van der Waals surface area contributed by atoms with Crippen LogP contribution in [0.2, 0.25) is 0 Å². The largest absolute Gasteiger partial charge is 0.416 e. The van der Waals surface area contributed by atoms with Gasteiger partial charge in [-0.25, -0.2) is 0 Å². The smallest absolute Gasteiger partial charge is 0.353 e. The van der Waals surface area contributed by atoms with E-state index in [0.717, 1.165) is 57.0 Å². The van der Waals surface area contributed by atoms with Gasteiger partial charge in [0.2, 0.25) is 5.91 Å². The van der Waals surface area contributed by atoms with Crippen LogP contribution < -0.4 is 16.0 Å². The van der Waals surface area contributed by atoms with Crippen molar-refractivity contribution in [3.05, 3.63) is 35.4 Å². The van der Waals surface area contributed by atoms with Crippen LogP contribution in [-0.2, 0) is 11.0 Å². The Morgan fingerprint density at radius 1 is 1.08 bits per heavy atom. The van der Waals surface area contributed by atoms with Crippen molar-refractivity contribution in [2.45, 2.75) is 6.18 Å². The van der Waals surface area contributed by atoms with Crippen LogP contribution in [0, 0.1) is 0 Å². The number of carbonyl (C=O) groups excluding carboxylic acids is 2. The maximum atomic E-state index is 12.5. The lowest BCUT2D eigenvalue weighted by molar-refractivity contribution is -0.137. The van der Waals surface area contributed by atoms with Crippen LogP contribution in [0.3, 0.4) is 0 Å². The molecule has 2 rings (SSSR count). The molecule has 0 saturated carbocycles. The Morgan fingerprint density at radius 3 is 2.32 bits per heavy atom. The fraction of sp³-hybridized carbons (Fsp3) is 0.500. The average molecular weight is 358 g/mol.